The Bertz CT molecular complexity index is 23.6. The van der Waals surface area contributed by atoms with Gasteiger partial charge in [0.25, 0.3) is 0 Å². The Kier molecular flexibility index (Phi) is 16.8. The second-order valence-corrected chi connectivity index (χ2v) is 0.285. The van der Waals surface area contributed by atoms with Gasteiger partial charge in [-0.05, 0) is 0 Å². The third-order valence-corrected chi connectivity index (χ3v) is 0.0680. The molecule has 0 aliphatic carbocycles. The molecule has 0 saturated heterocycles. The molecule has 0 fully saturated rings. The van der Waals surface area contributed by atoms with Crippen LogP contribution in [0.1, 0.15) is 0 Å². The molecule has 0 bridgehead atoms. The van der Waals surface area contributed by atoms with Gasteiger partial charge in [-0.15, -0.1) is 0 Å². The Labute approximate surface area is 72.7 Å². The van der Waals surface area contributed by atoms with Crippen LogP contribution in [-0.2, 0) is 4.79 Å². The third-order valence-electron chi connectivity index (χ3n) is 0.0680. The van der Waals surface area contributed by atoms with Gasteiger partial charge in [-0.25, -0.2) is 5.84 Å². The SMILES string of the molecule is NNC=O.[K]. The molecule has 0 spiro atoms. The smallest absolute Gasteiger partial charge is 0.221 e. The van der Waals surface area contributed by atoms with Gasteiger partial charge in [0, 0.05) is 51.4 Å². The van der Waals surface area contributed by atoms with E-state index in [0.29, 0.717) is 6.41 Å². The van der Waals surface area contributed by atoms with Crippen molar-refractivity contribution in [3.8, 4) is 0 Å². The van der Waals surface area contributed by atoms with Crippen molar-refractivity contribution in [3.63, 3.8) is 0 Å². The van der Waals surface area contributed by atoms with E-state index in [2.05, 4.69) is 5.84 Å². The molecule has 4 heteroatoms. The molecule has 1 radical (unpaired) electrons. The van der Waals surface area contributed by atoms with Crippen molar-refractivity contribution in [2.24, 2.45) is 5.84 Å². The molecule has 5 heavy (non-hydrogen) atoms. The van der Waals surface area contributed by atoms with Crippen LogP contribution in [0.3, 0.4) is 0 Å². The molecular formula is CH4KN2O. The van der Waals surface area contributed by atoms with E-state index in [-0.39, 0.29) is 51.4 Å². The Morgan fingerprint density at radius 3 is 2.00 bits per heavy atom. The zero-order chi connectivity index (χ0) is 3.41. The second kappa shape index (κ2) is 8.91. The molecule has 0 heterocycles. The number of nitrogens with one attached hydrogen (secondary N) is 1. The van der Waals surface area contributed by atoms with E-state index in [1.807, 2.05) is 0 Å². The van der Waals surface area contributed by atoms with Gasteiger partial charge >= 0.3 is 0 Å². The number of hydrazine groups is 1. The first kappa shape index (κ1) is 9.42. The summed E-state index contributed by atoms with van der Waals surface area (Å²) in [6.45, 7) is 0. The van der Waals surface area contributed by atoms with Gasteiger partial charge in [-0.1, -0.05) is 0 Å². The van der Waals surface area contributed by atoms with Crippen molar-refractivity contribution in [3.05, 3.63) is 0 Å². The molecule has 1 amide bonds. The Balaban J connectivity index is 0. The van der Waals surface area contributed by atoms with Gasteiger partial charge in [-0.3, -0.25) is 10.2 Å². The Hall–Kier alpha value is 1.07. The molecular weight excluding hydrogens is 95.1 g/mol. The van der Waals surface area contributed by atoms with E-state index in [0.717, 1.165) is 0 Å². The van der Waals surface area contributed by atoms with E-state index >= 15 is 0 Å². The molecule has 0 atom stereocenters. The van der Waals surface area contributed by atoms with Crippen molar-refractivity contribution in [1.29, 1.82) is 0 Å². The summed E-state index contributed by atoms with van der Waals surface area (Å²) >= 11 is 0. The van der Waals surface area contributed by atoms with Crippen molar-refractivity contribution >= 4 is 57.8 Å². The number of nitrogens with two attached hydrogens (primary N) is 1. The third kappa shape index (κ3) is 11.2. The van der Waals surface area contributed by atoms with Crippen LogP contribution in [0.5, 0.6) is 0 Å². The maximum atomic E-state index is 8.94. The zero-order valence-corrected chi connectivity index (χ0v) is 6.19. The molecule has 0 aromatic heterocycles. The van der Waals surface area contributed by atoms with Crippen molar-refractivity contribution in [2.75, 3.05) is 0 Å². The maximum Gasteiger partial charge on any atom is 0.221 e. The number of hydrogen-bond donors (Lipinski definition) is 2. The van der Waals surface area contributed by atoms with E-state index in [1.165, 1.54) is 0 Å². The summed E-state index contributed by atoms with van der Waals surface area (Å²) in [6, 6.07) is 0. The summed E-state index contributed by atoms with van der Waals surface area (Å²) in [4.78, 5) is 8.94. The minimum atomic E-state index is 0. The largest absolute Gasteiger partial charge is 0.297 e. The number of hydrogen-bond acceptors (Lipinski definition) is 2. The van der Waals surface area contributed by atoms with Crippen LogP contribution in [-0.4, -0.2) is 57.8 Å². The summed E-state index contributed by atoms with van der Waals surface area (Å²) < 4.78 is 0. The first-order valence-corrected chi connectivity index (χ1v) is 0.813. The fourth-order valence-corrected chi connectivity index (χ4v) is 0. The predicted octanol–water partition coefficient (Wildman–Crippen LogP) is -1.77. The van der Waals surface area contributed by atoms with Crippen LogP contribution in [0, 0.1) is 0 Å². The van der Waals surface area contributed by atoms with Crippen LogP contribution in [0.25, 0.3) is 0 Å². The molecule has 3 N–H and O–H groups in total. The van der Waals surface area contributed by atoms with Crippen LogP contribution in [0.2, 0.25) is 0 Å². The molecule has 3 nitrogen and oxygen atoms in total. The van der Waals surface area contributed by atoms with Crippen LogP contribution in [0.15, 0.2) is 0 Å². The first-order valence-electron chi connectivity index (χ1n) is 0.813. The number of carbonyl (C=O) groups excluding carboxylic acids is 1. The Morgan fingerprint density at radius 2 is 2.00 bits per heavy atom. The van der Waals surface area contributed by atoms with Gasteiger partial charge in [0.1, 0.15) is 0 Å². The predicted molar refractivity (Wildman–Crippen MR) is 19.1 cm³/mol. The standard InChI is InChI=1S/CH4N2O.K/c2-3-1-4;/h1H,2H2,(H,3,4);. The first-order chi connectivity index (χ1) is 1.91. The molecule has 0 aromatic rings. The Morgan fingerprint density at radius 1 is 1.80 bits per heavy atom. The minimum Gasteiger partial charge on any atom is -0.297 e. The minimum absolute atomic E-state index is 0. The van der Waals surface area contributed by atoms with Crippen molar-refractivity contribution in [2.45, 2.75) is 0 Å². The van der Waals surface area contributed by atoms with Crippen LogP contribution >= 0.6 is 0 Å². The monoisotopic (exact) mass is 99.0 g/mol. The van der Waals surface area contributed by atoms with E-state index in [4.69, 9.17) is 4.79 Å². The molecule has 0 saturated carbocycles. The van der Waals surface area contributed by atoms with E-state index in [9.17, 15) is 0 Å². The van der Waals surface area contributed by atoms with Crippen molar-refractivity contribution < 1.29 is 4.79 Å². The van der Waals surface area contributed by atoms with Gasteiger partial charge in [0.2, 0.25) is 6.41 Å². The summed E-state index contributed by atoms with van der Waals surface area (Å²) in [6.07, 6.45) is 0.403. The molecule has 0 rings (SSSR count). The van der Waals surface area contributed by atoms with Crippen LogP contribution < -0.4 is 11.3 Å². The van der Waals surface area contributed by atoms with E-state index < -0.39 is 0 Å². The normalized spacial score (nSPS) is 4.20. The quantitative estimate of drug-likeness (QED) is 0.134. The zero-order valence-electron chi connectivity index (χ0n) is 3.06. The summed E-state index contributed by atoms with van der Waals surface area (Å²) in [5.41, 5.74) is 1.75. The topological polar surface area (TPSA) is 55.1 Å². The molecule has 0 unspecified atom stereocenters. The second-order valence-electron chi connectivity index (χ2n) is 0.285. The van der Waals surface area contributed by atoms with Gasteiger partial charge in [0.15, 0.2) is 0 Å². The summed E-state index contributed by atoms with van der Waals surface area (Å²) in [7, 11) is 0. The summed E-state index contributed by atoms with van der Waals surface area (Å²) in [5, 5.41) is 0. The van der Waals surface area contributed by atoms with Crippen molar-refractivity contribution in [1.82, 2.24) is 5.43 Å². The fraction of sp³-hybridized carbons (Fsp3) is 0. The number of carbonyl (C=O) groups is 1. The molecule has 25 valence electrons. The van der Waals surface area contributed by atoms with Crippen LogP contribution in [0.4, 0.5) is 0 Å². The average molecular weight is 99.2 g/mol. The average Bonchev–Trinajstić information content (AvgIpc) is 1.37. The number of amides is 1. The van der Waals surface area contributed by atoms with Gasteiger partial charge in [0.05, 0.1) is 0 Å². The fourth-order valence-electron chi connectivity index (χ4n) is 0. The molecule has 0 aliphatic heterocycles. The van der Waals surface area contributed by atoms with Gasteiger partial charge < -0.3 is 0 Å². The molecule has 0 aromatic carbocycles. The number of rotatable bonds is 1. The summed E-state index contributed by atoms with van der Waals surface area (Å²) in [5.74, 6) is 4.41. The maximum absolute atomic E-state index is 8.94. The van der Waals surface area contributed by atoms with Gasteiger partial charge in [-0.2, -0.15) is 0 Å². The van der Waals surface area contributed by atoms with E-state index in [1.54, 1.807) is 5.43 Å². The molecule has 0 aliphatic rings.